The fourth-order valence-corrected chi connectivity index (χ4v) is 3.66. The lowest BCUT2D eigenvalue weighted by atomic mass is 9.77. The Morgan fingerprint density at radius 2 is 1.85 bits per heavy atom. The first-order valence-corrected chi connectivity index (χ1v) is 10.1. The zero-order valence-corrected chi connectivity index (χ0v) is 18.2. The molecule has 2 aromatic heterocycles. The summed E-state index contributed by atoms with van der Waals surface area (Å²) in [6, 6.07) is 8.35. The largest absolute Gasteiger partial charge is 0.477 e. The maximum Gasteiger partial charge on any atom is 0.398 e. The van der Waals surface area contributed by atoms with E-state index < -0.39 is 46.0 Å². The van der Waals surface area contributed by atoms with E-state index in [9.17, 15) is 33.0 Å². The van der Waals surface area contributed by atoms with Crippen molar-refractivity contribution in [3.63, 3.8) is 0 Å². The summed E-state index contributed by atoms with van der Waals surface area (Å²) in [6.45, 7) is 2.26. The van der Waals surface area contributed by atoms with Crippen LogP contribution in [-0.4, -0.2) is 42.7 Å². The summed E-state index contributed by atoms with van der Waals surface area (Å²) < 4.78 is 43.7. The highest BCUT2D eigenvalue weighted by Gasteiger charge is 2.54. The van der Waals surface area contributed by atoms with Gasteiger partial charge in [-0.2, -0.15) is 23.0 Å². The third kappa shape index (κ3) is 4.76. The first kappa shape index (κ1) is 24.4. The van der Waals surface area contributed by atoms with Gasteiger partial charge in [-0.3, -0.25) is 9.78 Å². The highest BCUT2D eigenvalue weighted by atomic mass is 35.5. The second-order valence-corrected chi connectivity index (χ2v) is 8.00. The number of pyridine rings is 1. The van der Waals surface area contributed by atoms with Crippen LogP contribution in [0, 0.1) is 0 Å². The molecule has 2 N–H and O–H groups in total. The van der Waals surface area contributed by atoms with Gasteiger partial charge in [-0.1, -0.05) is 30.7 Å². The summed E-state index contributed by atoms with van der Waals surface area (Å²) in [5, 5.41) is 24.9. The molecule has 11 heteroatoms. The second-order valence-electron chi connectivity index (χ2n) is 7.56. The second kappa shape index (κ2) is 8.95. The lowest BCUT2D eigenvalue weighted by molar-refractivity contribution is -0.193. The maximum absolute atomic E-state index is 14.3. The standard InChI is InChI=1S/C22H19ClF3N3O4/c1-3-21(2,33)18(22(24,25)26)15-16(20(31)32)19(30)29(14-5-4-10-27-11-14)28-17(15)12-6-8-13(23)9-7-12/h4-11,18,33H,3H2,1-2H3,(H,31,32)/t18-,21?/m1/s1. The minimum absolute atomic E-state index is 0.0533. The molecular weight excluding hydrogens is 463 g/mol. The van der Waals surface area contributed by atoms with Gasteiger partial charge in [-0.15, -0.1) is 0 Å². The molecule has 7 nitrogen and oxygen atoms in total. The van der Waals surface area contributed by atoms with Crippen LogP contribution < -0.4 is 5.56 Å². The molecule has 0 saturated carbocycles. The number of alkyl halides is 3. The van der Waals surface area contributed by atoms with Crippen molar-refractivity contribution >= 4 is 17.6 Å². The van der Waals surface area contributed by atoms with E-state index in [0.29, 0.717) is 4.68 Å². The van der Waals surface area contributed by atoms with Crippen molar-refractivity contribution in [1.29, 1.82) is 0 Å². The number of aromatic carboxylic acids is 1. The van der Waals surface area contributed by atoms with Crippen LogP contribution in [0.25, 0.3) is 16.9 Å². The molecule has 0 fully saturated rings. The Morgan fingerprint density at radius 3 is 2.33 bits per heavy atom. The summed E-state index contributed by atoms with van der Waals surface area (Å²) in [4.78, 5) is 29.2. The summed E-state index contributed by atoms with van der Waals surface area (Å²) >= 11 is 5.91. The maximum atomic E-state index is 14.3. The monoisotopic (exact) mass is 481 g/mol. The number of aromatic nitrogens is 3. The zero-order chi connectivity index (χ0) is 24.6. The molecule has 3 aromatic rings. The Balaban J connectivity index is 2.55. The van der Waals surface area contributed by atoms with Crippen LogP contribution in [0.1, 0.15) is 42.1 Å². The molecule has 0 amide bonds. The molecule has 1 unspecified atom stereocenters. The number of carbonyl (C=O) groups is 1. The molecule has 0 aliphatic rings. The van der Waals surface area contributed by atoms with Crippen molar-refractivity contribution in [3.05, 3.63) is 75.3 Å². The molecule has 33 heavy (non-hydrogen) atoms. The van der Waals surface area contributed by atoms with Gasteiger partial charge in [0, 0.05) is 22.3 Å². The molecule has 3 rings (SSSR count). The van der Waals surface area contributed by atoms with Crippen molar-refractivity contribution in [2.24, 2.45) is 0 Å². The number of halogens is 4. The SMILES string of the molecule is CCC(C)(O)[C@@H](c1c(-c2ccc(Cl)cc2)nn(-c2cccnc2)c(=O)c1C(=O)O)C(F)(F)F. The van der Waals surface area contributed by atoms with Gasteiger partial charge in [0.25, 0.3) is 5.56 Å². The fraction of sp³-hybridized carbons (Fsp3) is 0.273. The average molecular weight is 482 g/mol. The van der Waals surface area contributed by atoms with Crippen molar-refractivity contribution in [3.8, 4) is 16.9 Å². The van der Waals surface area contributed by atoms with Crippen molar-refractivity contribution in [2.45, 2.75) is 38.0 Å². The van der Waals surface area contributed by atoms with E-state index in [4.69, 9.17) is 11.6 Å². The van der Waals surface area contributed by atoms with E-state index in [0.717, 1.165) is 6.92 Å². The van der Waals surface area contributed by atoms with Gasteiger partial charge in [-0.05, 0) is 37.6 Å². The molecule has 0 saturated heterocycles. The summed E-state index contributed by atoms with van der Waals surface area (Å²) in [6.07, 6.45) is -2.85. The van der Waals surface area contributed by atoms with Crippen LogP contribution in [0.4, 0.5) is 13.2 Å². The molecule has 0 aliphatic carbocycles. The van der Waals surface area contributed by atoms with Gasteiger partial charge in [0.2, 0.25) is 0 Å². The lowest BCUT2D eigenvalue weighted by Gasteiger charge is -2.35. The van der Waals surface area contributed by atoms with E-state index in [2.05, 4.69) is 10.1 Å². The number of hydrogen-bond acceptors (Lipinski definition) is 5. The number of aliphatic hydroxyl groups is 1. The van der Waals surface area contributed by atoms with E-state index >= 15 is 0 Å². The Labute approximate surface area is 191 Å². The van der Waals surface area contributed by atoms with E-state index in [1.54, 1.807) is 0 Å². The molecule has 0 radical (unpaired) electrons. The molecule has 2 atom stereocenters. The van der Waals surface area contributed by atoms with Gasteiger partial charge in [-0.25, -0.2) is 4.79 Å². The van der Waals surface area contributed by atoms with Crippen LogP contribution in [0.3, 0.4) is 0 Å². The van der Waals surface area contributed by atoms with Gasteiger partial charge in [0.15, 0.2) is 0 Å². The van der Waals surface area contributed by atoms with Crippen LogP contribution in [0.15, 0.2) is 53.6 Å². The minimum atomic E-state index is -5.10. The predicted molar refractivity (Wildman–Crippen MR) is 115 cm³/mol. The molecule has 0 bridgehead atoms. The first-order chi connectivity index (χ1) is 15.4. The normalized spacial score (nSPS) is 14.5. The van der Waals surface area contributed by atoms with E-state index in [1.807, 2.05) is 0 Å². The van der Waals surface area contributed by atoms with Crippen LogP contribution in [0.5, 0.6) is 0 Å². The topological polar surface area (TPSA) is 105 Å². The summed E-state index contributed by atoms with van der Waals surface area (Å²) in [7, 11) is 0. The average Bonchev–Trinajstić information content (AvgIpc) is 2.74. The molecular formula is C22H19ClF3N3O4. The van der Waals surface area contributed by atoms with Gasteiger partial charge in [0.1, 0.15) is 11.5 Å². The number of carboxylic acid groups (broad SMARTS) is 1. The third-order valence-electron chi connectivity index (χ3n) is 5.31. The summed E-state index contributed by atoms with van der Waals surface area (Å²) in [5.41, 5.74) is -6.08. The molecule has 0 spiro atoms. The Morgan fingerprint density at radius 1 is 1.21 bits per heavy atom. The van der Waals surface area contributed by atoms with Crippen LogP contribution in [0.2, 0.25) is 5.02 Å². The summed E-state index contributed by atoms with van der Waals surface area (Å²) in [5.74, 6) is -4.60. The van der Waals surface area contributed by atoms with Crippen molar-refractivity contribution < 1.29 is 28.2 Å². The van der Waals surface area contributed by atoms with Gasteiger partial charge < -0.3 is 10.2 Å². The van der Waals surface area contributed by atoms with Crippen molar-refractivity contribution in [2.75, 3.05) is 0 Å². The van der Waals surface area contributed by atoms with E-state index in [1.165, 1.54) is 55.7 Å². The Bertz CT molecular complexity index is 1230. The molecule has 1 aromatic carbocycles. The quantitative estimate of drug-likeness (QED) is 0.539. The highest BCUT2D eigenvalue weighted by molar-refractivity contribution is 6.30. The van der Waals surface area contributed by atoms with Gasteiger partial charge >= 0.3 is 12.1 Å². The van der Waals surface area contributed by atoms with Gasteiger partial charge in [0.05, 0.1) is 23.2 Å². The fourth-order valence-electron chi connectivity index (χ4n) is 3.53. The van der Waals surface area contributed by atoms with Crippen LogP contribution >= 0.6 is 11.6 Å². The smallest absolute Gasteiger partial charge is 0.398 e. The molecule has 174 valence electrons. The number of carboxylic acids is 1. The first-order valence-electron chi connectivity index (χ1n) is 9.74. The number of hydrogen-bond donors (Lipinski definition) is 2. The number of nitrogens with zero attached hydrogens (tertiary/aromatic N) is 3. The third-order valence-corrected chi connectivity index (χ3v) is 5.56. The zero-order valence-electron chi connectivity index (χ0n) is 17.5. The minimum Gasteiger partial charge on any atom is -0.477 e. The number of rotatable bonds is 6. The van der Waals surface area contributed by atoms with Crippen LogP contribution in [-0.2, 0) is 0 Å². The van der Waals surface area contributed by atoms with Crippen molar-refractivity contribution in [1.82, 2.24) is 14.8 Å². The highest BCUT2D eigenvalue weighted by Crippen LogP contribution is 2.47. The molecule has 2 heterocycles. The Hall–Kier alpha value is -3.24. The molecule has 0 aliphatic heterocycles. The number of benzene rings is 1. The predicted octanol–water partition coefficient (Wildman–Crippen LogP) is 4.45. The van der Waals surface area contributed by atoms with E-state index in [-0.39, 0.29) is 22.7 Å². The lowest BCUT2D eigenvalue weighted by Crippen LogP contribution is -2.44. The Kier molecular flexibility index (Phi) is 6.62.